The normalized spacial score (nSPS) is 11.6. The van der Waals surface area contributed by atoms with Gasteiger partial charge < -0.3 is 9.32 Å². The molecule has 2 heterocycles. The van der Waals surface area contributed by atoms with Crippen LogP contribution in [0.2, 0.25) is 0 Å². The fourth-order valence-corrected chi connectivity index (χ4v) is 6.42. The third-order valence-corrected chi connectivity index (χ3v) is 8.62. The Morgan fingerprint density at radius 2 is 1.05 bits per heavy atom. The molecule has 0 fully saturated rings. The van der Waals surface area contributed by atoms with Crippen molar-refractivity contribution >= 4 is 71.4 Å². The lowest BCUT2D eigenvalue weighted by molar-refractivity contribution is 0.669. The Balaban J connectivity index is 1.22. The number of benzene rings is 7. The highest BCUT2D eigenvalue weighted by Gasteiger charge is 2.17. The molecule has 0 atom stereocenters. The van der Waals surface area contributed by atoms with Gasteiger partial charge in [-0.25, -0.2) is 0 Å². The van der Waals surface area contributed by atoms with Gasteiger partial charge in [0.2, 0.25) is 0 Å². The molecule has 0 aliphatic carbocycles. The minimum Gasteiger partial charge on any atom is -0.456 e. The zero-order chi connectivity index (χ0) is 29.0. The fraction of sp³-hybridized carbons (Fsp3) is 0. The molecule has 3 heteroatoms. The van der Waals surface area contributed by atoms with Crippen LogP contribution in [0.15, 0.2) is 162 Å². The first-order chi connectivity index (χ1) is 21.8. The molecule has 2 aromatic heterocycles. The average molecular weight is 563 g/mol. The molecule has 0 saturated heterocycles. The van der Waals surface area contributed by atoms with E-state index >= 15 is 0 Å². The first-order valence-corrected chi connectivity index (χ1v) is 14.9. The first-order valence-electron chi connectivity index (χ1n) is 14.9. The molecular formula is C41H26N2O. The van der Waals surface area contributed by atoms with Gasteiger partial charge in [0.05, 0.1) is 5.52 Å². The third-order valence-electron chi connectivity index (χ3n) is 8.62. The predicted octanol–water partition coefficient (Wildman–Crippen LogP) is 11.6. The summed E-state index contributed by atoms with van der Waals surface area (Å²) in [6.45, 7) is 0. The molecule has 0 radical (unpaired) electrons. The SMILES string of the molecule is c1ccc(-c2ccc3cc(N(c4ccc5ccccc5c4)c4ccc5c(c4)oc4cc6cccnc6cc45)ccc3c2)cc1. The van der Waals surface area contributed by atoms with Crippen LogP contribution >= 0.6 is 0 Å². The number of aromatic nitrogens is 1. The summed E-state index contributed by atoms with van der Waals surface area (Å²) in [4.78, 5) is 6.89. The van der Waals surface area contributed by atoms with Crippen molar-refractivity contribution in [3.8, 4) is 11.1 Å². The lowest BCUT2D eigenvalue weighted by Crippen LogP contribution is -2.09. The summed E-state index contributed by atoms with van der Waals surface area (Å²) in [6.07, 6.45) is 1.84. The summed E-state index contributed by atoms with van der Waals surface area (Å²) in [6, 6.07) is 53.9. The molecule has 3 nitrogen and oxygen atoms in total. The van der Waals surface area contributed by atoms with E-state index in [9.17, 15) is 0 Å². The molecule has 9 aromatic rings. The van der Waals surface area contributed by atoms with E-state index < -0.39 is 0 Å². The van der Waals surface area contributed by atoms with Gasteiger partial charge in [-0.1, -0.05) is 84.9 Å². The van der Waals surface area contributed by atoms with Crippen molar-refractivity contribution in [2.24, 2.45) is 0 Å². The van der Waals surface area contributed by atoms with Crippen LogP contribution in [-0.4, -0.2) is 4.98 Å². The molecule has 44 heavy (non-hydrogen) atoms. The Morgan fingerprint density at radius 3 is 1.91 bits per heavy atom. The van der Waals surface area contributed by atoms with E-state index in [1.165, 1.54) is 32.7 Å². The lowest BCUT2D eigenvalue weighted by Gasteiger charge is -2.26. The second-order valence-corrected chi connectivity index (χ2v) is 11.3. The molecular weight excluding hydrogens is 536 g/mol. The van der Waals surface area contributed by atoms with E-state index in [1.807, 2.05) is 12.3 Å². The number of anilines is 3. The number of hydrogen-bond acceptors (Lipinski definition) is 3. The largest absolute Gasteiger partial charge is 0.456 e. The van der Waals surface area contributed by atoms with Crippen molar-refractivity contribution in [2.45, 2.75) is 0 Å². The van der Waals surface area contributed by atoms with Gasteiger partial charge in [0, 0.05) is 45.5 Å². The molecule has 7 aromatic carbocycles. The van der Waals surface area contributed by atoms with E-state index in [-0.39, 0.29) is 0 Å². The lowest BCUT2D eigenvalue weighted by atomic mass is 10.0. The van der Waals surface area contributed by atoms with Gasteiger partial charge in [-0.3, -0.25) is 4.98 Å². The highest BCUT2D eigenvalue weighted by atomic mass is 16.3. The van der Waals surface area contributed by atoms with Gasteiger partial charge in [0.25, 0.3) is 0 Å². The Labute approximate surface area is 254 Å². The third kappa shape index (κ3) is 4.10. The molecule has 0 N–H and O–H groups in total. The van der Waals surface area contributed by atoms with Crippen LogP contribution in [0.25, 0.3) is 65.5 Å². The Kier molecular flexibility index (Phi) is 5.50. The van der Waals surface area contributed by atoms with Crippen LogP contribution in [0.3, 0.4) is 0 Å². The van der Waals surface area contributed by atoms with E-state index in [0.717, 1.165) is 49.9 Å². The molecule has 0 aliphatic rings. The zero-order valence-electron chi connectivity index (χ0n) is 23.8. The molecule has 206 valence electrons. The van der Waals surface area contributed by atoms with Gasteiger partial charge in [0.1, 0.15) is 11.2 Å². The van der Waals surface area contributed by atoms with E-state index in [0.29, 0.717) is 0 Å². The highest BCUT2D eigenvalue weighted by Crippen LogP contribution is 2.41. The smallest absolute Gasteiger partial charge is 0.137 e. The second-order valence-electron chi connectivity index (χ2n) is 11.3. The Bertz CT molecular complexity index is 2510. The van der Waals surface area contributed by atoms with Crippen molar-refractivity contribution in [2.75, 3.05) is 4.90 Å². The van der Waals surface area contributed by atoms with Crippen molar-refractivity contribution < 1.29 is 4.42 Å². The maximum Gasteiger partial charge on any atom is 0.137 e. The Morgan fingerprint density at radius 1 is 0.409 bits per heavy atom. The summed E-state index contributed by atoms with van der Waals surface area (Å²) in [5.41, 5.74) is 8.35. The predicted molar refractivity (Wildman–Crippen MR) is 184 cm³/mol. The summed E-state index contributed by atoms with van der Waals surface area (Å²) >= 11 is 0. The van der Waals surface area contributed by atoms with Crippen molar-refractivity contribution in [1.29, 1.82) is 0 Å². The van der Waals surface area contributed by atoms with Crippen LogP contribution in [0.4, 0.5) is 17.1 Å². The van der Waals surface area contributed by atoms with Gasteiger partial charge in [0.15, 0.2) is 0 Å². The molecule has 0 bridgehead atoms. The van der Waals surface area contributed by atoms with Gasteiger partial charge in [-0.05, 0) is 93.3 Å². The van der Waals surface area contributed by atoms with Crippen molar-refractivity contribution in [3.05, 3.63) is 158 Å². The first kappa shape index (κ1) is 24.6. The van der Waals surface area contributed by atoms with E-state index in [2.05, 4.69) is 155 Å². The molecule has 0 aliphatic heterocycles. The summed E-state index contributed by atoms with van der Waals surface area (Å²) in [5.74, 6) is 0. The monoisotopic (exact) mass is 562 g/mol. The number of hydrogen-bond donors (Lipinski definition) is 0. The average Bonchev–Trinajstić information content (AvgIpc) is 3.44. The number of rotatable bonds is 4. The van der Waals surface area contributed by atoms with Crippen LogP contribution in [0.1, 0.15) is 0 Å². The highest BCUT2D eigenvalue weighted by molar-refractivity contribution is 6.10. The standard InChI is InChI=1S/C41H26N2O/c1-2-7-27(8-3-1)30-12-13-32-23-35(17-15-31(32)21-30)43(34-16-14-28-9-4-5-10-29(28)22-34)36-18-19-37-38-26-39-33(11-6-20-42-39)24-40(38)44-41(37)25-36/h1-26H. The van der Waals surface area contributed by atoms with E-state index in [4.69, 9.17) is 4.42 Å². The number of furan rings is 1. The maximum absolute atomic E-state index is 6.46. The van der Waals surface area contributed by atoms with Crippen LogP contribution in [0, 0.1) is 0 Å². The topological polar surface area (TPSA) is 29.3 Å². The van der Waals surface area contributed by atoms with Gasteiger partial charge >= 0.3 is 0 Å². The number of fused-ring (bicyclic) bond motifs is 6. The van der Waals surface area contributed by atoms with Crippen LogP contribution in [0.5, 0.6) is 0 Å². The van der Waals surface area contributed by atoms with Gasteiger partial charge in [-0.15, -0.1) is 0 Å². The quantitative estimate of drug-likeness (QED) is 0.214. The molecule has 9 rings (SSSR count). The van der Waals surface area contributed by atoms with Gasteiger partial charge in [-0.2, -0.15) is 0 Å². The van der Waals surface area contributed by atoms with Crippen LogP contribution < -0.4 is 4.90 Å². The van der Waals surface area contributed by atoms with Crippen molar-refractivity contribution in [1.82, 2.24) is 4.98 Å². The van der Waals surface area contributed by atoms with Crippen molar-refractivity contribution in [3.63, 3.8) is 0 Å². The molecule has 0 unspecified atom stereocenters. The maximum atomic E-state index is 6.46. The van der Waals surface area contributed by atoms with Crippen LogP contribution in [-0.2, 0) is 0 Å². The summed E-state index contributed by atoms with van der Waals surface area (Å²) < 4.78 is 6.46. The summed E-state index contributed by atoms with van der Waals surface area (Å²) in [5, 5.41) is 8.06. The minimum absolute atomic E-state index is 0.854. The number of nitrogens with zero attached hydrogens (tertiary/aromatic N) is 2. The second kappa shape index (κ2) is 9.82. The zero-order valence-corrected chi connectivity index (χ0v) is 23.8. The summed E-state index contributed by atoms with van der Waals surface area (Å²) in [7, 11) is 0. The number of pyridine rings is 1. The fourth-order valence-electron chi connectivity index (χ4n) is 6.42. The van der Waals surface area contributed by atoms with E-state index in [1.54, 1.807) is 0 Å². The Hall–Kier alpha value is -5.93. The minimum atomic E-state index is 0.854. The molecule has 0 saturated carbocycles. The molecule has 0 amide bonds. The molecule has 0 spiro atoms.